The number of rotatable bonds is 2. The Labute approximate surface area is 131 Å². The van der Waals surface area contributed by atoms with Crippen LogP contribution in [0.25, 0.3) is 16.8 Å². The third-order valence-electron chi connectivity index (χ3n) is 2.87. The van der Waals surface area contributed by atoms with Gasteiger partial charge in [0.25, 0.3) is 0 Å². The van der Waals surface area contributed by atoms with E-state index in [0.717, 1.165) is 6.29 Å². The molecule has 0 aliphatic heterocycles. The standard InChI is InChI=1S/C14H8ClFN2O.C2H3N/c15-10-5-6-18-13(7-10)12(8-19)14(17-18)9-1-3-11(16)4-2-9;1-2-3/h1-8H;1H3. The third kappa shape index (κ3) is 3.13. The number of aldehydes is 1. The number of halogens is 2. The van der Waals surface area contributed by atoms with Crippen LogP contribution in [-0.4, -0.2) is 15.9 Å². The fourth-order valence-corrected chi connectivity index (χ4v) is 2.14. The smallest absolute Gasteiger partial charge is 0.154 e. The van der Waals surface area contributed by atoms with Crippen LogP contribution in [0, 0.1) is 17.1 Å². The van der Waals surface area contributed by atoms with E-state index in [1.165, 1.54) is 19.1 Å². The van der Waals surface area contributed by atoms with Crippen molar-refractivity contribution in [2.45, 2.75) is 6.92 Å². The fraction of sp³-hybridized carbons (Fsp3) is 0.0625. The van der Waals surface area contributed by atoms with Gasteiger partial charge >= 0.3 is 0 Å². The molecule has 0 aliphatic rings. The third-order valence-corrected chi connectivity index (χ3v) is 3.11. The monoisotopic (exact) mass is 315 g/mol. The molecule has 0 saturated heterocycles. The van der Waals surface area contributed by atoms with E-state index in [-0.39, 0.29) is 5.82 Å². The lowest BCUT2D eigenvalue weighted by Crippen LogP contribution is -1.85. The van der Waals surface area contributed by atoms with Crippen molar-refractivity contribution in [3.8, 4) is 17.3 Å². The van der Waals surface area contributed by atoms with Gasteiger partial charge in [0.2, 0.25) is 0 Å². The lowest BCUT2D eigenvalue weighted by molar-refractivity contribution is 0.112. The molecule has 0 spiro atoms. The van der Waals surface area contributed by atoms with Gasteiger partial charge in [-0.05, 0) is 36.4 Å². The van der Waals surface area contributed by atoms with Crippen LogP contribution in [0.3, 0.4) is 0 Å². The second kappa shape index (κ2) is 6.83. The topological polar surface area (TPSA) is 58.2 Å². The summed E-state index contributed by atoms with van der Waals surface area (Å²) in [5.41, 5.74) is 2.26. The molecule has 0 saturated carbocycles. The molecule has 2 heterocycles. The van der Waals surface area contributed by atoms with Crippen LogP contribution < -0.4 is 0 Å². The highest BCUT2D eigenvalue weighted by Gasteiger charge is 2.14. The van der Waals surface area contributed by atoms with Crippen molar-refractivity contribution < 1.29 is 9.18 Å². The number of carbonyl (C=O) groups is 1. The molecule has 1 aromatic carbocycles. The summed E-state index contributed by atoms with van der Waals surface area (Å²) in [6.45, 7) is 1.43. The molecule has 0 fully saturated rings. The van der Waals surface area contributed by atoms with Gasteiger partial charge in [-0.3, -0.25) is 4.79 Å². The van der Waals surface area contributed by atoms with Gasteiger partial charge in [0.1, 0.15) is 11.5 Å². The van der Waals surface area contributed by atoms with E-state index < -0.39 is 0 Å². The van der Waals surface area contributed by atoms with Crippen molar-refractivity contribution in [3.63, 3.8) is 0 Å². The minimum Gasteiger partial charge on any atom is -0.298 e. The van der Waals surface area contributed by atoms with Crippen molar-refractivity contribution in [3.05, 3.63) is 59.0 Å². The van der Waals surface area contributed by atoms with Crippen LogP contribution in [0.15, 0.2) is 42.6 Å². The van der Waals surface area contributed by atoms with Gasteiger partial charge in [-0.25, -0.2) is 8.91 Å². The average molecular weight is 316 g/mol. The average Bonchev–Trinajstić information content (AvgIpc) is 2.86. The predicted molar refractivity (Wildman–Crippen MR) is 82.3 cm³/mol. The van der Waals surface area contributed by atoms with Crippen LogP contribution in [0.2, 0.25) is 5.02 Å². The SMILES string of the molecule is CC#N.O=Cc1c(-c2ccc(F)cc2)nn2ccc(Cl)cc12. The van der Waals surface area contributed by atoms with E-state index in [4.69, 9.17) is 16.9 Å². The summed E-state index contributed by atoms with van der Waals surface area (Å²) in [7, 11) is 0. The van der Waals surface area contributed by atoms with Gasteiger partial charge < -0.3 is 0 Å². The van der Waals surface area contributed by atoms with E-state index in [9.17, 15) is 9.18 Å². The quantitative estimate of drug-likeness (QED) is 0.668. The van der Waals surface area contributed by atoms with Crippen LogP contribution in [0.1, 0.15) is 17.3 Å². The first-order chi connectivity index (χ1) is 10.6. The molecule has 0 N–H and O–H groups in total. The molecule has 22 heavy (non-hydrogen) atoms. The molecule has 0 unspecified atom stereocenters. The summed E-state index contributed by atoms with van der Waals surface area (Å²) < 4.78 is 14.5. The van der Waals surface area contributed by atoms with Crippen molar-refractivity contribution in [2.24, 2.45) is 0 Å². The molecule has 0 amide bonds. The van der Waals surface area contributed by atoms with E-state index >= 15 is 0 Å². The minimum atomic E-state index is -0.330. The molecular weight excluding hydrogens is 305 g/mol. The van der Waals surface area contributed by atoms with Crippen molar-refractivity contribution >= 4 is 23.4 Å². The predicted octanol–water partition coefficient (Wildman–Crippen LogP) is 4.14. The molecule has 6 heteroatoms. The molecule has 0 bridgehead atoms. The maximum absolute atomic E-state index is 12.9. The summed E-state index contributed by atoms with van der Waals surface area (Å²) in [4.78, 5) is 11.3. The van der Waals surface area contributed by atoms with Gasteiger partial charge in [-0.2, -0.15) is 10.4 Å². The Kier molecular flexibility index (Phi) is 4.87. The molecule has 110 valence electrons. The zero-order valence-corrected chi connectivity index (χ0v) is 12.4. The number of carbonyl (C=O) groups excluding carboxylic acids is 1. The highest BCUT2D eigenvalue weighted by Crippen LogP contribution is 2.26. The Morgan fingerprint density at radius 2 is 1.95 bits per heavy atom. The van der Waals surface area contributed by atoms with Crippen LogP contribution in [0.5, 0.6) is 0 Å². The number of benzene rings is 1. The Hall–Kier alpha value is -2.71. The van der Waals surface area contributed by atoms with Crippen molar-refractivity contribution in [2.75, 3.05) is 0 Å². The fourth-order valence-electron chi connectivity index (χ4n) is 1.98. The van der Waals surface area contributed by atoms with Crippen molar-refractivity contribution in [1.82, 2.24) is 9.61 Å². The highest BCUT2D eigenvalue weighted by atomic mass is 35.5. The van der Waals surface area contributed by atoms with Gasteiger partial charge in [0.05, 0.1) is 17.1 Å². The summed E-state index contributed by atoms with van der Waals surface area (Å²) >= 11 is 5.92. The molecule has 2 aromatic heterocycles. The van der Waals surface area contributed by atoms with E-state index in [2.05, 4.69) is 5.10 Å². The first-order valence-corrected chi connectivity index (χ1v) is 6.68. The number of nitrogens with zero attached hydrogens (tertiary/aromatic N) is 3. The van der Waals surface area contributed by atoms with Crippen LogP contribution in [0.4, 0.5) is 4.39 Å². The van der Waals surface area contributed by atoms with Crippen molar-refractivity contribution in [1.29, 1.82) is 5.26 Å². The first kappa shape index (κ1) is 15.7. The maximum atomic E-state index is 12.9. The van der Waals surface area contributed by atoms with Crippen LogP contribution in [-0.2, 0) is 0 Å². The van der Waals surface area contributed by atoms with Gasteiger partial charge in [-0.15, -0.1) is 0 Å². The zero-order valence-electron chi connectivity index (χ0n) is 11.6. The Balaban J connectivity index is 0.000000545. The number of fused-ring (bicyclic) bond motifs is 1. The molecule has 0 atom stereocenters. The lowest BCUT2D eigenvalue weighted by Gasteiger charge is -1.97. The van der Waals surface area contributed by atoms with E-state index in [0.29, 0.717) is 27.4 Å². The number of pyridine rings is 1. The molecule has 0 radical (unpaired) electrons. The maximum Gasteiger partial charge on any atom is 0.154 e. The Morgan fingerprint density at radius 1 is 1.32 bits per heavy atom. The largest absolute Gasteiger partial charge is 0.298 e. The number of nitriles is 1. The van der Waals surface area contributed by atoms with Gasteiger partial charge in [0.15, 0.2) is 6.29 Å². The summed E-state index contributed by atoms with van der Waals surface area (Å²) in [6.07, 6.45) is 2.41. The highest BCUT2D eigenvalue weighted by molar-refractivity contribution is 6.31. The molecule has 0 aliphatic carbocycles. The summed E-state index contributed by atoms with van der Waals surface area (Å²) in [6, 6.07) is 11.0. The number of hydrogen-bond acceptors (Lipinski definition) is 3. The Morgan fingerprint density at radius 3 is 2.55 bits per heavy atom. The number of aromatic nitrogens is 2. The lowest BCUT2D eigenvalue weighted by atomic mass is 10.1. The second-order valence-electron chi connectivity index (χ2n) is 4.29. The molecule has 4 nitrogen and oxygen atoms in total. The van der Waals surface area contributed by atoms with Gasteiger partial charge in [0, 0.05) is 23.7 Å². The summed E-state index contributed by atoms with van der Waals surface area (Å²) in [5.74, 6) is -0.330. The normalized spacial score (nSPS) is 9.73. The summed E-state index contributed by atoms with van der Waals surface area (Å²) in [5, 5.41) is 12.2. The zero-order chi connectivity index (χ0) is 16.1. The molecular formula is C16H11ClFN3O. The van der Waals surface area contributed by atoms with Gasteiger partial charge in [-0.1, -0.05) is 11.6 Å². The van der Waals surface area contributed by atoms with E-state index in [1.54, 1.807) is 41.0 Å². The van der Waals surface area contributed by atoms with Crippen LogP contribution >= 0.6 is 11.6 Å². The second-order valence-corrected chi connectivity index (χ2v) is 4.72. The molecule has 3 rings (SSSR count). The minimum absolute atomic E-state index is 0.330. The first-order valence-electron chi connectivity index (χ1n) is 6.30. The Bertz CT molecular complexity index is 850. The molecule has 3 aromatic rings. The van der Waals surface area contributed by atoms with E-state index in [1.807, 2.05) is 0 Å². The number of hydrogen-bond donors (Lipinski definition) is 0.